The zero-order valence-electron chi connectivity index (χ0n) is 8.14. The Morgan fingerprint density at radius 3 is 1.93 bits per heavy atom. The Morgan fingerprint density at radius 2 is 1.57 bits per heavy atom. The smallest absolute Gasteiger partial charge is 0.305 e. The van der Waals surface area contributed by atoms with Gasteiger partial charge in [-0.1, -0.05) is 0 Å². The highest BCUT2D eigenvalue weighted by Crippen LogP contribution is 2.13. The number of hydrogen-bond acceptors (Lipinski definition) is 6. The molecule has 0 aromatic carbocycles. The molecule has 1 aliphatic rings. The number of rotatable bonds is 1. The third kappa shape index (κ3) is 3.55. The van der Waals surface area contributed by atoms with Crippen molar-refractivity contribution in [2.75, 3.05) is 0 Å². The summed E-state index contributed by atoms with van der Waals surface area (Å²) < 4.78 is 0. The molecule has 14 heavy (non-hydrogen) atoms. The molecule has 1 heterocycles. The van der Waals surface area contributed by atoms with Gasteiger partial charge in [0.15, 0.2) is 5.39 Å². The average Bonchev–Trinajstić information content (AvgIpc) is 2.09. The first-order chi connectivity index (χ1) is 6.37. The molecule has 6 heteroatoms. The summed E-state index contributed by atoms with van der Waals surface area (Å²) in [6.07, 6.45) is 1.91. The van der Waals surface area contributed by atoms with Crippen molar-refractivity contribution in [1.82, 2.24) is 5.39 Å². The number of hydrogen-bond donors (Lipinski definition) is 0. The Labute approximate surface area is 80.9 Å². The van der Waals surface area contributed by atoms with Gasteiger partial charge in [-0.15, -0.1) is 0 Å². The molecule has 0 saturated carbocycles. The fourth-order valence-electron chi connectivity index (χ4n) is 0.623. The summed E-state index contributed by atoms with van der Waals surface area (Å²) in [7, 11) is 0. The van der Waals surface area contributed by atoms with Crippen LogP contribution in [0.2, 0.25) is 0 Å². The molecule has 0 amide bonds. The topological polar surface area (TPSA) is 65.1 Å². The van der Waals surface area contributed by atoms with Gasteiger partial charge in [-0.3, -0.25) is 0 Å². The Bertz CT molecular complexity index is 258. The largest absolute Gasteiger partial charge is 0.356 e. The van der Waals surface area contributed by atoms with E-state index in [4.69, 9.17) is 4.84 Å². The standard InChI is InChI=1S/C8H11NO5/c1-8(2,3)14-9-12-6(10)4-5-7(11)13-9/h4-5H,1-3H3. The van der Waals surface area contributed by atoms with Crippen LogP contribution in [0.25, 0.3) is 0 Å². The second kappa shape index (κ2) is 3.77. The van der Waals surface area contributed by atoms with E-state index in [1.807, 2.05) is 0 Å². The van der Waals surface area contributed by atoms with Crippen molar-refractivity contribution in [3.05, 3.63) is 12.2 Å². The van der Waals surface area contributed by atoms with Crippen molar-refractivity contribution >= 4 is 11.9 Å². The van der Waals surface area contributed by atoms with E-state index in [1.165, 1.54) is 0 Å². The van der Waals surface area contributed by atoms with E-state index in [9.17, 15) is 9.59 Å². The van der Waals surface area contributed by atoms with Crippen LogP contribution >= 0.6 is 0 Å². The zero-order valence-corrected chi connectivity index (χ0v) is 8.14. The van der Waals surface area contributed by atoms with Crippen molar-refractivity contribution in [2.24, 2.45) is 0 Å². The van der Waals surface area contributed by atoms with Crippen LogP contribution in [-0.4, -0.2) is 22.9 Å². The highest BCUT2D eigenvalue weighted by Gasteiger charge is 2.25. The second-order valence-electron chi connectivity index (χ2n) is 3.58. The van der Waals surface area contributed by atoms with Gasteiger partial charge in [-0.2, -0.15) is 0 Å². The summed E-state index contributed by atoms with van der Waals surface area (Å²) >= 11 is 0. The summed E-state index contributed by atoms with van der Waals surface area (Å²) in [4.78, 5) is 35.7. The molecular formula is C8H11NO5. The maximum absolute atomic E-state index is 10.9. The Balaban J connectivity index is 2.63. The van der Waals surface area contributed by atoms with Crippen LogP contribution in [0.1, 0.15) is 20.8 Å². The number of nitrogens with zero attached hydrogens (tertiary/aromatic N) is 1. The lowest BCUT2D eigenvalue weighted by Crippen LogP contribution is -2.35. The molecule has 0 fully saturated rings. The van der Waals surface area contributed by atoms with Crippen LogP contribution in [0.5, 0.6) is 0 Å². The molecular weight excluding hydrogens is 190 g/mol. The third-order valence-electron chi connectivity index (χ3n) is 1.03. The van der Waals surface area contributed by atoms with Crippen molar-refractivity contribution < 1.29 is 24.1 Å². The van der Waals surface area contributed by atoms with E-state index in [-0.39, 0.29) is 0 Å². The lowest BCUT2D eigenvalue weighted by molar-refractivity contribution is -0.504. The first-order valence-electron chi connectivity index (χ1n) is 3.98. The highest BCUT2D eigenvalue weighted by molar-refractivity contribution is 5.92. The fraction of sp³-hybridized carbons (Fsp3) is 0.500. The van der Waals surface area contributed by atoms with E-state index in [2.05, 4.69) is 9.68 Å². The van der Waals surface area contributed by atoms with Gasteiger partial charge in [0, 0.05) is 12.2 Å². The molecule has 0 aliphatic carbocycles. The van der Waals surface area contributed by atoms with Gasteiger partial charge >= 0.3 is 11.9 Å². The Kier molecular flexibility index (Phi) is 2.87. The fourth-order valence-corrected chi connectivity index (χ4v) is 0.623. The lowest BCUT2D eigenvalue weighted by atomic mass is 10.2. The minimum atomic E-state index is -0.736. The number of carbonyl (C=O) groups excluding carboxylic acids is 2. The molecule has 0 aromatic heterocycles. The molecule has 0 atom stereocenters. The zero-order chi connectivity index (χ0) is 10.8. The molecule has 78 valence electrons. The van der Waals surface area contributed by atoms with Crippen LogP contribution in [0.3, 0.4) is 0 Å². The normalized spacial score (nSPS) is 18.8. The van der Waals surface area contributed by atoms with Crippen LogP contribution < -0.4 is 0 Å². The van der Waals surface area contributed by atoms with Crippen molar-refractivity contribution in [3.63, 3.8) is 0 Å². The van der Waals surface area contributed by atoms with Crippen LogP contribution in [0.4, 0.5) is 0 Å². The van der Waals surface area contributed by atoms with Crippen molar-refractivity contribution in [1.29, 1.82) is 0 Å². The van der Waals surface area contributed by atoms with Gasteiger partial charge in [0.25, 0.3) is 0 Å². The van der Waals surface area contributed by atoms with Crippen molar-refractivity contribution in [2.45, 2.75) is 26.4 Å². The third-order valence-corrected chi connectivity index (χ3v) is 1.03. The van der Waals surface area contributed by atoms with Gasteiger partial charge < -0.3 is 9.68 Å². The quantitative estimate of drug-likeness (QED) is 0.615. The van der Waals surface area contributed by atoms with E-state index >= 15 is 0 Å². The molecule has 0 N–H and O–H groups in total. The summed E-state index contributed by atoms with van der Waals surface area (Å²) in [5.41, 5.74) is -0.634. The van der Waals surface area contributed by atoms with Crippen LogP contribution in [-0.2, 0) is 24.1 Å². The molecule has 0 radical (unpaired) electrons. The van der Waals surface area contributed by atoms with Gasteiger partial charge in [0.2, 0.25) is 0 Å². The van der Waals surface area contributed by atoms with Crippen LogP contribution in [0.15, 0.2) is 12.2 Å². The summed E-state index contributed by atoms with van der Waals surface area (Å²) in [5.74, 6) is -1.47. The number of carbonyl (C=O) groups is 2. The monoisotopic (exact) mass is 201 g/mol. The molecule has 6 nitrogen and oxygen atoms in total. The van der Waals surface area contributed by atoms with Gasteiger partial charge in [0.05, 0.1) is 5.60 Å². The van der Waals surface area contributed by atoms with E-state index in [0.717, 1.165) is 12.2 Å². The van der Waals surface area contributed by atoms with E-state index in [1.54, 1.807) is 20.8 Å². The maximum Gasteiger partial charge on any atom is 0.356 e. The highest BCUT2D eigenvalue weighted by atomic mass is 17.2. The molecule has 0 aromatic rings. The predicted molar refractivity (Wildman–Crippen MR) is 44.0 cm³/mol. The van der Waals surface area contributed by atoms with Gasteiger partial charge in [-0.25, -0.2) is 14.4 Å². The lowest BCUT2D eigenvalue weighted by Gasteiger charge is -2.23. The minimum absolute atomic E-state index is 0.407. The summed E-state index contributed by atoms with van der Waals surface area (Å²) in [6, 6.07) is 0. The molecule has 1 rings (SSSR count). The van der Waals surface area contributed by atoms with Crippen molar-refractivity contribution in [3.8, 4) is 0 Å². The summed E-state index contributed by atoms with van der Waals surface area (Å²) in [5, 5.41) is 0.407. The van der Waals surface area contributed by atoms with Crippen LogP contribution in [0, 0.1) is 0 Å². The Hall–Kier alpha value is -1.40. The van der Waals surface area contributed by atoms with Gasteiger partial charge in [-0.05, 0) is 20.8 Å². The second-order valence-corrected chi connectivity index (χ2v) is 3.58. The predicted octanol–water partition coefficient (Wildman–Crippen LogP) is 0.505. The first kappa shape index (κ1) is 10.7. The maximum atomic E-state index is 10.9. The Morgan fingerprint density at radius 1 is 1.14 bits per heavy atom. The first-order valence-corrected chi connectivity index (χ1v) is 3.98. The molecule has 0 saturated heterocycles. The molecule has 0 spiro atoms. The molecule has 0 bridgehead atoms. The van der Waals surface area contributed by atoms with E-state index < -0.39 is 17.5 Å². The molecule has 0 unspecified atom stereocenters. The average molecular weight is 201 g/mol. The molecule has 1 aliphatic heterocycles. The van der Waals surface area contributed by atoms with E-state index in [0.29, 0.717) is 5.39 Å². The minimum Gasteiger partial charge on any atom is -0.305 e. The van der Waals surface area contributed by atoms with Gasteiger partial charge in [0.1, 0.15) is 0 Å². The SMILES string of the molecule is CC(C)(C)ON1OC(=O)C=CC(=O)O1. The summed E-state index contributed by atoms with van der Waals surface area (Å²) in [6.45, 7) is 5.15.